The van der Waals surface area contributed by atoms with Crippen molar-refractivity contribution < 1.29 is 17.6 Å². The molecule has 0 unspecified atom stereocenters. The summed E-state index contributed by atoms with van der Waals surface area (Å²) < 4.78 is 30.8. The summed E-state index contributed by atoms with van der Waals surface area (Å²) in [6.07, 6.45) is 0.0258. The molecule has 152 valence electrons. The van der Waals surface area contributed by atoms with E-state index in [1.165, 1.54) is 0 Å². The van der Waals surface area contributed by atoms with Crippen molar-refractivity contribution in [2.75, 3.05) is 5.75 Å². The molecule has 7 heteroatoms. The van der Waals surface area contributed by atoms with Gasteiger partial charge in [-0.3, -0.25) is 4.79 Å². The van der Waals surface area contributed by atoms with Crippen molar-refractivity contribution in [3.05, 3.63) is 75.6 Å². The number of oxazole rings is 1. The van der Waals surface area contributed by atoms with Crippen LogP contribution in [0.5, 0.6) is 0 Å². The summed E-state index contributed by atoms with van der Waals surface area (Å²) >= 11 is 6.07. The molecule has 0 bridgehead atoms. The van der Waals surface area contributed by atoms with Crippen LogP contribution in [0, 0.1) is 20.8 Å². The zero-order chi connectivity index (χ0) is 21.2. The first-order valence-corrected chi connectivity index (χ1v) is 11.3. The fourth-order valence-corrected chi connectivity index (χ4v) is 4.57. The first-order valence-electron chi connectivity index (χ1n) is 9.14. The molecule has 0 radical (unpaired) electrons. The number of Topliss-reactive ketones (excluding diaryl/α,β-unsaturated/α-hetero) is 1. The van der Waals surface area contributed by atoms with Crippen LogP contribution in [-0.2, 0) is 26.8 Å². The first-order chi connectivity index (χ1) is 13.6. The SMILES string of the molecule is Cc1ccc(-c2nc(CS(=O)(=O)CC(=O)Cc3cccc(Cl)c3C)c(C)o2)cc1. The summed E-state index contributed by atoms with van der Waals surface area (Å²) in [6.45, 7) is 5.46. The van der Waals surface area contributed by atoms with Crippen LogP contribution < -0.4 is 0 Å². The number of aryl methyl sites for hydroxylation is 2. The van der Waals surface area contributed by atoms with Gasteiger partial charge in [0.15, 0.2) is 15.6 Å². The number of benzene rings is 2. The van der Waals surface area contributed by atoms with Gasteiger partial charge in [-0.15, -0.1) is 0 Å². The summed E-state index contributed by atoms with van der Waals surface area (Å²) in [6, 6.07) is 12.9. The van der Waals surface area contributed by atoms with Crippen LogP contribution in [0.1, 0.15) is 28.1 Å². The highest BCUT2D eigenvalue weighted by molar-refractivity contribution is 7.91. The van der Waals surface area contributed by atoms with Crippen molar-refractivity contribution in [3.63, 3.8) is 0 Å². The molecule has 1 aromatic heterocycles. The molecule has 0 aliphatic carbocycles. The zero-order valence-corrected chi connectivity index (χ0v) is 18.1. The van der Waals surface area contributed by atoms with Crippen molar-refractivity contribution in [2.45, 2.75) is 32.9 Å². The number of rotatable bonds is 7. The summed E-state index contributed by atoms with van der Waals surface area (Å²) in [5, 5.41) is 0.556. The van der Waals surface area contributed by atoms with Crippen LogP contribution >= 0.6 is 11.6 Å². The molecule has 3 rings (SSSR count). The summed E-state index contributed by atoms with van der Waals surface area (Å²) in [4.78, 5) is 16.7. The summed E-state index contributed by atoms with van der Waals surface area (Å²) in [5.41, 5.74) is 3.72. The lowest BCUT2D eigenvalue weighted by Crippen LogP contribution is -2.20. The van der Waals surface area contributed by atoms with E-state index in [1.807, 2.05) is 38.1 Å². The highest BCUT2D eigenvalue weighted by Gasteiger charge is 2.22. The summed E-state index contributed by atoms with van der Waals surface area (Å²) in [7, 11) is -3.68. The smallest absolute Gasteiger partial charge is 0.226 e. The van der Waals surface area contributed by atoms with E-state index in [2.05, 4.69) is 4.98 Å². The summed E-state index contributed by atoms with van der Waals surface area (Å²) in [5.74, 6) is -0.467. The maximum Gasteiger partial charge on any atom is 0.226 e. The Morgan fingerprint density at radius 2 is 1.76 bits per heavy atom. The van der Waals surface area contributed by atoms with Crippen molar-refractivity contribution in [3.8, 4) is 11.5 Å². The largest absolute Gasteiger partial charge is 0.441 e. The monoisotopic (exact) mass is 431 g/mol. The van der Waals surface area contributed by atoms with Gasteiger partial charge in [-0.25, -0.2) is 13.4 Å². The van der Waals surface area contributed by atoms with Crippen LogP contribution in [-0.4, -0.2) is 24.9 Å². The lowest BCUT2D eigenvalue weighted by Gasteiger charge is -2.07. The molecule has 3 aromatic rings. The maximum atomic E-state index is 12.6. The molecule has 0 saturated carbocycles. The van der Waals surface area contributed by atoms with E-state index in [1.54, 1.807) is 25.1 Å². The van der Waals surface area contributed by atoms with Gasteiger partial charge in [-0.05, 0) is 50.1 Å². The molecule has 0 aliphatic heterocycles. The molecule has 0 fully saturated rings. The Morgan fingerprint density at radius 3 is 2.45 bits per heavy atom. The van der Waals surface area contributed by atoms with Gasteiger partial charge < -0.3 is 4.42 Å². The highest BCUT2D eigenvalue weighted by Crippen LogP contribution is 2.24. The number of hydrogen-bond acceptors (Lipinski definition) is 5. The van der Waals surface area contributed by atoms with E-state index < -0.39 is 15.6 Å². The highest BCUT2D eigenvalue weighted by atomic mass is 35.5. The van der Waals surface area contributed by atoms with Gasteiger partial charge in [-0.1, -0.05) is 41.4 Å². The normalized spacial score (nSPS) is 11.6. The molecule has 2 aromatic carbocycles. The molecule has 0 atom stereocenters. The molecule has 0 N–H and O–H groups in total. The molecule has 29 heavy (non-hydrogen) atoms. The van der Waals surface area contributed by atoms with E-state index >= 15 is 0 Å². The molecule has 5 nitrogen and oxygen atoms in total. The average molecular weight is 432 g/mol. The Labute approximate surface area is 175 Å². The molecular weight excluding hydrogens is 410 g/mol. The van der Waals surface area contributed by atoms with Gasteiger partial charge in [0, 0.05) is 17.0 Å². The third-order valence-corrected chi connectivity index (χ3v) is 6.58. The Kier molecular flexibility index (Phi) is 6.24. The molecule has 1 heterocycles. The quantitative estimate of drug-likeness (QED) is 0.544. The van der Waals surface area contributed by atoms with E-state index in [0.717, 1.165) is 22.3 Å². The van der Waals surface area contributed by atoms with E-state index in [0.29, 0.717) is 22.4 Å². The predicted molar refractivity (Wildman–Crippen MR) is 114 cm³/mol. The van der Waals surface area contributed by atoms with Crippen molar-refractivity contribution in [1.29, 1.82) is 0 Å². The minimum atomic E-state index is -3.68. The standard InChI is InChI=1S/C22H22ClNO4S/c1-14-7-9-17(10-8-14)22-24-21(16(3)28-22)13-29(26,27)12-19(25)11-18-5-4-6-20(23)15(18)2/h4-10H,11-13H2,1-3H3. The second-order valence-corrected chi connectivity index (χ2v) is 9.63. The number of aromatic nitrogens is 1. The van der Waals surface area contributed by atoms with Crippen LogP contribution in [0.25, 0.3) is 11.5 Å². The Bertz CT molecular complexity index is 1150. The van der Waals surface area contributed by atoms with Gasteiger partial charge in [0.25, 0.3) is 0 Å². The molecule has 0 saturated heterocycles. The average Bonchev–Trinajstić information content (AvgIpc) is 2.99. The fourth-order valence-electron chi connectivity index (χ4n) is 2.99. The van der Waals surface area contributed by atoms with E-state index in [-0.39, 0.29) is 18.0 Å². The van der Waals surface area contributed by atoms with Crippen LogP contribution in [0.3, 0.4) is 0 Å². The Balaban J connectivity index is 1.71. The minimum absolute atomic E-state index is 0.0258. The predicted octanol–water partition coefficient (Wildman–Crippen LogP) is 4.65. The lowest BCUT2D eigenvalue weighted by atomic mass is 10.0. The number of nitrogens with zero attached hydrogens (tertiary/aromatic N) is 1. The number of hydrogen-bond donors (Lipinski definition) is 0. The van der Waals surface area contributed by atoms with Gasteiger partial charge in [0.2, 0.25) is 5.89 Å². The van der Waals surface area contributed by atoms with Crippen LogP contribution in [0.15, 0.2) is 46.9 Å². The Hall–Kier alpha value is -2.44. The minimum Gasteiger partial charge on any atom is -0.441 e. The van der Waals surface area contributed by atoms with E-state index in [9.17, 15) is 13.2 Å². The number of carbonyl (C=O) groups is 1. The second-order valence-electron chi connectivity index (χ2n) is 7.16. The van der Waals surface area contributed by atoms with Crippen molar-refractivity contribution in [1.82, 2.24) is 4.98 Å². The van der Waals surface area contributed by atoms with Gasteiger partial charge in [-0.2, -0.15) is 0 Å². The maximum absolute atomic E-state index is 12.6. The first kappa shape index (κ1) is 21.3. The molecular formula is C22H22ClNO4S. The number of halogens is 1. The molecule has 0 spiro atoms. The fraction of sp³-hybridized carbons (Fsp3) is 0.273. The van der Waals surface area contributed by atoms with Crippen molar-refractivity contribution >= 4 is 27.2 Å². The van der Waals surface area contributed by atoms with Crippen LogP contribution in [0.2, 0.25) is 5.02 Å². The van der Waals surface area contributed by atoms with Crippen molar-refractivity contribution in [2.24, 2.45) is 0 Å². The third-order valence-electron chi connectivity index (χ3n) is 4.70. The Morgan fingerprint density at radius 1 is 1.07 bits per heavy atom. The number of ketones is 1. The van der Waals surface area contributed by atoms with Crippen LogP contribution in [0.4, 0.5) is 0 Å². The lowest BCUT2D eigenvalue weighted by molar-refractivity contribution is -0.116. The molecule has 0 aliphatic rings. The molecule has 0 amide bonds. The van der Waals surface area contributed by atoms with E-state index in [4.69, 9.17) is 16.0 Å². The number of carbonyl (C=O) groups excluding carboxylic acids is 1. The third kappa shape index (κ3) is 5.34. The number of sulfone groups is 1. The second kappa shape index (κ2) is 8.51. The zero-order valence-electron chi connectivity index (χ0n) is 16.5. The van der Waals surface area contributed by atoms with Gasteiger partial charge in [0.1, 0.15) is 11.5 Å². The van der Waals surface area contributed by atoms with Gasteiger partial charge >= 0.3 is 0 Å². The topological polar surface area (TPSA) is 77.2 Å². The van der Waals surface area contributed by atoms with Gasteiger partial charge in [0.05, 0.1) is 11.4 Å².